The maximum Gasteiger partial charge on any atom is 0.338 e. The van der Waals surface area contributed by atoms with Gasteiger partial charge in [-0.15, -0.1) is 10.2 Å². The van der Waals surface area contributed by atoms with E-state index in [0.29, 0.717) is 24.3 Å². The van der Waals surface area contributed by atoms with Gasteiger partial charge in [-0.05, 0) is 96.5 Å². The number of aryl methyl sites for hydroxylation is 2. The molecule has 0 saturated carbocycles. The number of carbonyl (C=O) groups is 2. The van der Waals surface area contributed by atoms with E-state index in [0.717, 1.165) is 119 Å². The Balaban J connectivity index is 0.611. The maximum atomic E-state index is 13.2. The van der Waals surface area contributed by atoms with Crippen molar-refractivity contribution in [3.63, 3.8) is 0 Å². The first-order valence-corrected chi connectivity index (χ1v) is 30.5. The van der Waals surface area contributed by atoms with Gasteiger partial charge in [0.15, 0.2) is 0 Å². The van der Waals surface area contributed by atoms with Crippen LogP contribution in [0.15, 0.2) is 190 Å². The molecule has 0 unspecified atom stereocenters. The van der Waals surface area contributed by atoms with Crippen molar-refractivity contribution in [3.8, 4) is 22.3 Å². The molecule has 0 fully saturated rings. The van der Waals surface area contributed by atoms with Gasteiger partial charge in [-0.1, -0.05) is 199 Å². The molecule has 0 aliphatic heterocycles. The zero-order chi connectivity index (χ0) is 57.2. The monoisotopic (exact) mass is 1110 g/mol. The van der Waals surface area contributed by atoms with E-state index in [1.807, 2.05) is 97.4 Å². The van der Waals surface area contributed by atoms with Crippen molar-refractivity contribution in [2.45, 2.75) is 117 Å². The molecule has 2 aromatic heterocycles. The van der Waals surface area contributed by atoms with E-state index in [1.54, 1.807) is 0 Å². The molecule has 0 atom stereocenters. The second-order valence-electron chi connectivity index (χ2n) is 22.3. The maximum absolute atomic E-state index is 13.2. The second kappa shape index (κ2) is 26.1. The smallest absolute Gasteiger partial charge is 0.338 e. The number of hydrogen-bond donors (Lipinski definition) is 0. The highest BCUT2D eigenvalue weighted by Gasteiger charge is 2.31. The zero-order valence-corrected chi connectivity index (χ0v) is 48.4. The Morgan fingerprint density at radius 3 is 1.18 bits per heavy atom. The van der Waals surface area contributed by atoms with Crippen LogP contribution < -0.4 is 0 Å². The number of aromatic nitrogens is 2. The summed E-state index contributed by atoms with van der Waals surface area (Å²) in [6.45, 7) is 6.97. The van der Waals surface area contributed by atoms with Gasteiger partial charge in [-0.2, -0.15) is 10.2 Å². The van der Waals surface area contributed by atoms with E-state index in [-0.39, 0.29) is 11.9 Å². The van der Waals surface area contributed by atoms with Gasteiger partial charge in [-0.3, -0.25) is 0 Å². The fourth-order valence-electron chi connectivity index (χ4n) is 12.6. The molecular weight excluding hydrogens is 1040 g/mol. The van der Waals surface area contributed by atoms with Crippen molar-refractivity contribution in [1.82, 2.24) is 9.13 Å². The first-order chi connectivity index (χ1) is 41.5. The van der Waals surface area contributed by atoms with Gasteiger partial charge in [0.1, 0.15) is 11.4 Å². The lowest BCUT2D eigenvalue weighted by molar-refractivity contribution is 0.0491. The van der Waals surface area contributed by atoms with Crippen molar-refractivity contribution >= 4 is 79.4 Å². The molecule has 2 aliphatic carbocycles. The van der Waals surface area contributed by atoms with Gasteiger partial charge in [0.2, 0.25) is 0 Å². The molecule has 0 amide bonds. The highest BCUT2D eigenvalue weighted by Crippen LogP contribution is 2.42. The molecule has 10 aromatic rings. The number of nitrogens with zero attached hydrogens (tertiary/aromatic N) is 6. The summed E-state index contributed by atoms with van der Waals surface area (Å²) in [6.07, 6.45) is 19.7. The molecule has 0 spiro atoms. The largest absolute Gasteiger partial charge is 0.462 e. The average Bonchev–Trinajstić information content (AvgIpc) is 4.27. The van der Waals surface area contributed by atoms with E-state index >= 15 is 0 Å². The SMILES string of the molecule is CCCCOC(=O)c1cccc2c1-c1ccccc1/C2=N\N=C\c1ccc2c(c1)c1ccccc1n2CCCCCCCCCCCCn1c2ccccc2c2cc(/C=N/N=C3\c4ccccc4-c4c(C(=O)OCCCC)cccc43)ccc21. The van der Waals surface area contributed by atoms with E-state index < -0.39 is 0 Å². The van der Waals surface area contributed by atoms with Gasteiger partial charge in [-0.25, -0.2) is 9.59 Å². The Hall–Kier alpha value is -9.02. The van der Waals surface area contributed by atoms with E-state index in [1.165, 1.54) is 95.0 Å². The van der Waals surface area contributed by atoms with Crippen LogP contribution in [0.3, 0.4) is 0 Å². The summed E-state index contributed by atoms with van der Waals surface area (Å²) in [5.74, 6) is -0.606. The van der Waals surface area contributed by atoms with Crippen LogP contribution in [-0.4, -0.2) is 58.1 Å². The van der Waals surface area contributed by atoms with Crippen molar-refractivity contribution in [2.75, 3.05) is 13.2 Å². The summed E-state index contributed by atoms with van der Waals surface area (Å²) in [5.41, 5.74) is 17.0. The third kappa shape index (κ3) is 11.4. The predicted octanol–water partition coefficient (Wildman–Crippen LogP) is 18.1. The summed E-state index contributed by atoms with van der Waals surface area (Å²) >= 11 is 0. The molecule has 0 radical (unpaired) electrons. The minimum absolute atomic E-state index is 0.303. The number of ether oxygens (including phenoxy) is 2. The van der Waals surface area contributed by atoms with Crippen LogP contribution in [0.25, 0.3) is 65.9 Å². The van der Waals surface area contributed by atoms with Gasteiger partial charge in [0, 0.05) is 90.1 Å². The predicted molar refractivity (Wildman–Crippen MR) is 346 cm³/mol. The quantitative estimate of drug-likeness (QED) is 0.0245. The standard InChI is InChI=1S/C74H72N6O4/c1-3-5-45-83-73(81)61-35-25-33-59-69(61)55-29-15-17-31-57(55)71(59)77-75-49-51-39-41-67-63(47-51)53-27-19-21-37-65(53)79(67)43-23-13-11-9-7-8-10-12-14-24-44-80-66-38-22-20-28-54(66)64-48-52(40-42-68(64)80)50-76-78-72-58-32-18-16-30-56(58)70-60(72)34-26-36-62(70)74(82)84-46-6-4-2/h15-22,25-42,47-50H,3-14,23-24,43-46H2,1-2H3/b75-49+,76-50+,77-71+,78-72+. The number of hydrogen-bond acceptors (Lipinski definition) is 8. The molecule has 8 aromatic carbocycles. The van der Waals surface area contributed by atoms with E-state index in [9.17, 15) is 9.59 Å². The summed E-state index contributed by atoms with van der Waals surface area (Å²) < 4.78 is 16.3. The summed E-state index contributed by atoms with van der Waals surface area (Å²) in [7, 11) is 0. The Labute approximate surface area is 492 Å². The van der Waals surface area contributed by atoms with Crippen molar-refractivity contribution < 1.29 is 19.1 Å². The fourth-order valence-corrected chi connectivity index (χ4v) is 12.6. The average molecular weight is 1110 g/mol. The highest BCUT2D eigenvalue weighted by atomic mass is 16.5. The van der Waals surface area contributed by atoms with E-state index in [4.69, 9.17) is 19.7 Å². The summed E-state index contributed by atoms with van der Waals surface area (Å²) in [5, 5.41) is 23.8. The number of benzene rings is 8. The molecule has 84 heavy (non-hydrogen) atoms. The Morgan fingerprint density at radius 1 is 0.381 bits per heavy atom. The number of fused-ring (bicyclic) bond motifs is 12. The molecule has 2 heterocycles. The molecule has 2 aliphatic rings. The van der Waals surface area contributed by atoms with Crippen LogP contribution in [0.4, 0.5) is 0 Å². The van der Waals surface area contributed by atoms with Crippen molar-refractivity contribution in [3.05, 3.63) is 214 Å². The molecule has 0 N–H and O–H groups in total. The normalized spacial score (nSPS) is 13.5. The minimum Gasteiger partial charge on any atom is -0.462 e. The summed E-state index contributed by atoms with van der Waals surface area (Å²) in [4.78, 5) is 26.4. The first-order valence-electron chi connectivity index (χ1n) is 30.5. The Kier molecular flexibility index (Phi) is 17.2. The van der Waals surface area contributed by atoms with Crippen LogP contribution in [0, 0.1) is 0 Å². The number of esters is 2. The first kappa shape index (κ1) is 55.5. The molecular formula is C74H72N6O4. The van der Waals surface area contributed by atoms with Crippen molar-refractivity contribution in [2.24, 2.45) is 20.4 Å². The molecule has 0 bridgehead atoms. The van der Waals surface area contributed by atoms with Crippen molar-refractivity contribution in [1.29, 1.82) is 0 Å². The van der Waals surface area contributed by atoms with Crippen LogP contribution in [-0.2, 0) is 22.6 Å². The van der Waals surface area contributed by atoms with Gasteiger partial charge < -0.3 is 18.6 Å². The van der Waals surface area contributed by atoms with Gasteiger partial charge in [0.05, 0.1) is 36.8 Å². The lowest BCUT2D eigenvalue weighted by Crippen LogP contribution is -2.08. The molecule has 10 nitrogen and oxygen atoms in total. The topological polar surface area (TPSA) is 112 Å². The number of rotatable bonds is 25. The molecule has 12 rings (SSSR count). The minimum atomic E-state index is -0.303. The summed E-state index contributed by atoms with van der Waals surface area (Å²) in [6, 6.07) is 58.4. The lowest BCUT2D eigenvalue weighted by atomic mass is 9.99. The second-order valence-corrected chi connectivity index (χ2v) is 22.3. The lowest BCUT2D eigenvalue weighted by Gasteiger charge is -2.09. The van der Waals surface area contributed by atoms with Gasteiger partial charge in [0.25, 0.3) is 0 Å². The zero-order valence-electron chi connectivity index (χ0n) is 48.4. The molecule has 10 heteroatoms. The highest BCUT2D eigenvalue weighted by molar-refractivity contribution is 6.28. The number of carbonyl (C=O) groups excluding carboxylic acids is 2. The van der Waals surface area contributed by atoms with Crippen LogP contribution in [0.2, 0.25) is 0 Å². The van der Waals surface area contributed by atoms with Gasteiger partial charge >= 0.3 is 11.9 Å². The molecule has 0 saturated heterocycles. The fraction of sp³-hybridized carbons (Fsp3) is 0.270. The molecule has 422 valence electrons. The number of para-hydroxylation sites is 2. The van der Waals surface area contributed by atoms with Crippen LogP contribution in [0.1, 0.15) is 158 Å². The number of unbranched alkanes of at least 4 members (excludes halogenated alkanes) is 11. The van der Waals surface area contributed by atoms with E-state index in [2.05, 4.69) is 118 Å². The third-order valence-corrected chi connectivity index (χ3v) is 16.8. The Bertz CT molecular complexity index is 3930. The third-order valence-electron chi connectivity index (χ3n) is 16.8. The van der Waals surface area contributed by atoms with Crippen LogP contribution in [0.5, 0.6) is 0 Å². The van der Waals surface area contributed by atoms with Crippen LogP contribution >= 0.6 is 0 Å². The Morgan fingerprint density at radius 2 is 0.750 bits per heavy atom.